The standard InChI is InChI=1S/C16H17ClN2O2/c1-10-9-13(17)7-8-14(10)21-12(3)16(20)19-15-6-4-5-11(2)18-15/h4-9,12H,1-3H3,(H,18,19,20). The molecule has 110 valence electrons. The zero-order chi connectivity index (χ0) is 15.4. The van der Waals surface area contributed by atoms with E-state index in [-0.39, 0.29) is 5.91 Å². The van der Waals surface area contributed by atoms with Gasteiger partial charge in [0.2, 0.25) is 0 Å². The summed E-state index contributed by atoms with van der Waals surface area (Å²) in [5.74, 6) is 0.907. The van der Waals surface area contributed by atoms with Gasteiger partial charge in [-0.25, -0.2) is 4.98 Å². The third kappa shape index (κ3) is 4.20. The number of hydrogen-bond acceptors (Lipinski definition) is 3. The molecule has 2 rings (SSSR count). The van der Waals surface area contributed by atoms with Gasteiger partial charge in [-0.3, -0.25) is 4.79 Å². The lowest BCUT2D eigenvalue weighted by atomic mass is 10.2. The topological polar surface area (TPSA) is 51.2 Å². The largest absolute Gasteiger partial charge is 0.481 e. The lowest BCUT2D eigenvalue weighted by Gasteiger charge is -2.16. The number of pyridine rings is 1. The minimum Gasteiger partial charge on any atom is -0.481 e. The number of carbonyl (C=O) groups is 1. The number of anilines is 1. The molecule has 0 aliphatic heterocycles. The van der Waals surface area contributed by atoms with Gasteiger partial charge in [0.25, 0.3) is 5.91 Å². The fraction of sp³-hybridized carbons (Fsp3) is 0.250. The Hall–Kier alpha value is -2.07. The van der Waals surface area contributed by atoms with Crippen LogP contribution in [0.15, 0.2) is 36.4 Å². The predicted molar refractivity (Wildman–Crippen MR) is 83.9 cm³/mol. The van der Waals surface area contributed by atoms with Crippen LogP contribution in [0.2, 0.25) is 5.02 Å². The highest BCUT2D eigenvalue weighted by atomic mass is 35.5. The first-order chi connectivity index (χ1) is 9.95. The summed E-state index contributed by atoms with van der Waals surface area (Å²) in [5.41, 5.74) is 1.73. The number of aryl methyl sites for hydroxylation is 2. The molecule has 0 aliphatic rings. The molecule has 1 aromatic heterocycles. The van der Waals surface area contributed by atoms with E-state index in [0.717, 1.165) is 11.3 Å². The average Bonchev–Trinajstić information content (AvgIpc) is 2.41. The molecule has 1 atom stereocenters. The van der Waals surface area contributed by atoms with Gasteiger partial charge in [0, 0.05) is 10.7 Å². The summed E-state index contributed by atoms with van der Waals surface area (Å²) in [7, 11) is 0. The summed E-state index contributed by atoms with van der Waals surface area (Å²) >= 11 is 5.90. The summed E-state index contributed by atoms with van der Waals surface area (Å²) in [4.78, 5) is 16.3. The van der Waals surface area contributed by atoms with Crippen molar-refractivity contribution in [3.05, 3.63) is 52.7 Å². The van der Waals surface area contributed by atoms with E-state index in [1.54, 1.807) is 31.2 Å². The number of halogens is 1. The Balaban J connectivity index is 2.02. The van der Waals surface area contributed by atoms with Gasteiger partial charge in [0.15, 0.2) is 6.10 Å². The number of benzene rings is 1. The Morgan fingerprint density at radius 1 is 1.29 bits per heavy atom. The minimum atomic E-state index is -0.632. The first kappa shape index (κ1) is 15.3. The molecule has 0 saturated carbocycles. The third-order valence-electron chi connectivity index (χ3n) is 2.95. The molecule has 0 spiro atoms. The van der Waals surface area contributed by atoms with Gasteiger partial charge >= 0.3 is 0 Å². The van der Waals surface area contributed by atoms with Gasteiger partial charge in [-0.2, -0.15) is 0 Å². The van der Waals surface area contributed by atoms with Crippen molar-refractivity contribution in [2.75, 3.05) is 5.32 Å². The molecule has 4 nitrogen and oxygen atoms in total. The van der Waals surface area contributed by atoms with Gasteiger partial charge < -0.3 is 10.1 Å². The normalized spacial score (nSPS) is 11.8. The van der Waals surface area contributed by atoms with Crippen LogP contribution in [0.4, 0.5) is 5.82 Å². The van der Waals surface area contributed by atoms with Crippen LogP contribution in [0.25, 0.3) is 0 Å². The minimum absolute atomic E-state index is 0.248. The van der Waals surface area contributed by atoms with Gasteiger partial charge in [0.05, 0.1) is 0 Å². The molecule has 0 bridgehead atoms. The zero-order valence-corrected chi connectivity index (χ0v) is 12.9. The van der Waals surface area contributed by atoms with Gasteiger partial charge in [-0.05, 0) is 56.7 Å². The molecular formula is C16H17ClN2O2. The number of amides is 1. The second kappa shape index (κ2) is 6.59. The molecule has 1 unspecified atom stereocenters. The molecule has 0 aliphatic carbocycles. The lowest BCUT2D eigenvalue weighted by Crippen LogP contribution is -2.30. The molecule has 1 amide bonds. The van der Waals surface area contributed by atoms with Gasteiger partial charge in [-0.1, -0.05) is 17.7 Å². The molecule has 5 heteroatoms. The van der Waals surface area contributed by atoms with E-state index >= 15 is 0 Å². The molecule has 0 radical (unpaired) electrons. The Morgan fingerprint density at radius 3 is 2.71 bits per heavy atom. The summed E-state index contributed by atoms with van der Waals surface area (Å²) < 4.78 is 5.67. The monoisotopic (exact) mass is 304 g/mol. The second-order valence-electron chi connectivity index (χ2n) is 4.82. The second-order valence-corrected chi connectivity index (χ2v) is 5.26. The van der Waals surface area contributed by atoms with E-state index in [1.165, 1.54) is 0 Å². The smallest absolute Gasteiger partial charge is 0.266 e. The first-order valence-corrected chi connectivity index (χ1v) is 7.01. The number of nitrogens with zero attached hydrogens (tertiary/aromatic N) is 1. The van der Waals surface area contributed by atoms with E-state index in [4.69, 9.17) is 16.3 Å². The fourth-order valence-electron chi connectivity index (χ4n) is 1.83. The first-order valence-electron chi connectivity index (χ1n) is 6.63. The van der Waals surface area contributed by atoms with E-state index in [0.29, 0.717) is 16.6 Å². The summed E-state index contributed by atoms with van der Waals surface area (Å²) in [6.07, 6.45) is -0.632. The summed E-state index contributed by atoms with van der Waals surface area (Å²) in [5, 5.41) is 3.37. The number of carbonyl (C=O) groups excluding carboxylic acids is 1. The van der Waals surface area contributed by atoms with E-state index in [2.05, 4.69) is 10.3 Å². The summed E-state index contributed by atoms with van der Waals surface area (Å²) in [6, 6.07) is 10.7. The summed E-state index contributed by atoms with van der Waals surface area (Å²) in [6.45, 7) is 5.44. The SMILES string of the molecule is Cc1cccc(NC(=O)C(C)Oc2ccc(Cl)cc2C)n1. The molecule has 2 aromatic rings. The maximum atomic E-state index is 12.1. The molecule has 0 fully saturated rings. The van der Waals surface area contributed by atoms with Crippen molar-refractivity contribution in [3.8, 4) is 5.75 Å². The molecular weight excluding hydrogens is 288 g/mol. The van der Waals surface area contributed by atoms with Crippen molar-refractivity contribution in [1.82, 2.24) is 4.98 Å². The van der Waals surface area contributed by atoms with Crippen molar-refractivity contribution in [2.45, 2.75) is 26.9 Å². The quantitative estimate of drug-likeness (QED) is 0.935. The van der Waals surface area contributed by atoms with Crippen LogP contribution >= 0.6 is 11.6 Å². The van der Waals surface area contributed by atoms with Crippen molar-refractivity contribution in [1.29, 1.82) is 0 Å². The van der Waals surface area contributed by atoms with Crippen LogP contribution in [-0.2, 0) is 4.79 Å². The predicted octanol–water partition coefficient (Wildman–Crippen LogP) is 3.76. The van der Waals surface area contributed by atoms with E-state index in [9.17, 15) is 4.79 Å². The number of rotatable bonds is 4. The maximum Gasteiger partial charge on any atom is 0.266 e. The number of nitrogens with one attached hydrogen (secondary N) is 1. The van der Waals surface area contributed by atoms with Crippen molar-refractivity contribution >= 4 is 23.3 Å². The van der Waals surface area contributed by atoms with E-state index in [1.807, 2.05) is 26.0 Å². The zero-order valence-electron chi connectivity index (χ0n) is 12.2. The molecule has 1 heterocycles. The average molecular weight is 305 g/mol. The van der Waals surface area contributed by atoms with Crippen molar-refractivity contribution in [2.24, 2.45) is 0 Å². The molecule has 1 aromatic carbocycles. The van der Waals surface area contributed by atoms with Crippen LogP contribution in [0.5, 0.6) is 5.75 Å². The highest BCUT2D eigenvalue weighted by molar-refractivity contribution is 6.30. The van der Waals surface area contributed by atoms with Crippen LogP contribution in [-0.4, -0.2) is 17.0 Å². The van der Waals surface area contributed by atoms with Crippen molar-refractivity contribution < 1.29 is 9.53 Å². The van der Waals surface area contributed by atoms with Gasteiger partial charge in [-0.15, -0.1) is 0 Å². The Kier molecular flexibility index (Phi) is 4.81. The fourth-order valence-corrected chi connectivity index (χ4v) is 2.06. The number of aromatic nitrogens is 1. The third-order valence-corrected chi connectivity index (χ3v) is 3.18. The molecule has 1 N–H and O–H groups in total. The van der Waals surface area contributed by atoms with E-state index < -0.39 is 6.10 Å². The highest BCUT2D eigenvalue weighted by Gasteiger charge is 2.16. The number of hydrogen-bond donors (Lipinski definition) is 1. The number of ether oxygens (including phenoxy) is 1. The molecule has 21 heavy (non-hydrogen) atoms. The van der Waals surface area contributed by atoms with Crippen LogP contribution < -0.4 is 10.1 Å². The lowest BCUT2D eigenvalue weighted by molar-refractivity contribution is -0.122. The van der Waals surface area contributed by atoms with Gasteiger partial charge in [0.1, 0.15) is 11.6 Å². The maximum absolute atomic E-state index is 12.1. The van der Waals surface area contributed by atoms with Crippen molar-refractivity contribution in [3.63, 3.8) is 0 Å². The Bertz CT molecular complexity index is 658. The van der Waals surface area contributed by atoms with Crippen LogP contribution in [0.3, 0.4) is 0 Å². The molecule has 0 saturated heterocycles. The Labute approximate surface area is 129 Å². The Morgan fingerprint density at radius 2 is 2.05 bits per heavy atom. The highest BCUT2D eigenvalue weighted by Crippen LogP contribution is 2.23. The van der Waals surface area contributed by atoms with Crippen LogP contribution in [0, 0.1) is 13.8 Å². The van der Waals surface area contributed by atoms with Crippen LogP contribution in [0.1, 0.15) is 18.2 Å².